The van der Waals surface area contributed by atoms with E-state index >= 15 is 0 Å². The van der Waals surface area contributed by atoms with Crippen LogP contribution in [0.5, 0.6) is 0 Å². The topological polar surface area (TPSA) is 92.3 Å². The van der Waals surface area contributed by atoms with Gasteiger partial charge in [0.15, 0.2) is 0 Å². The van der Waals surface area contributed by atoms with Crippen molar-refractivity contribution in [3.63, 3.8) is 0 Å². The number of benzene rings is 1. The van der Waals surface area contributed by atoms with E-state index in [2.05, 4.69) is 15.3 Å². The number of halogens is 1. The number of hydrogen-bond donors (Lipinski definition) is 1. The number of nitrogens with one attached hydrogen (secondary N) is 1. The lowest BCUT2D eigenvalue weighted by Gasteiger charge is -2.56. The van der Waals surface area contributed by atoms with Crippen molar-refractivity contribution < 1.29 is 13.2 Å². The van der Waals surface area contributed by atoms with E-state index in [0.717, 1.165) is 23.3 Å². The van der Waals surface area contributed by atoms with Gasteiger partial charge in [0.1, 0.15) is 12.1 Å². The molecule has 7 rings (SSSR count). The van der Waals surface area contributed by atoms with Crippen LogP contribution in [-0.4, -0.2) is 35.1 Å². The molecule has 2 aromatic rings. The molecule has 5 aliphatic rings. The van der Waals surface area contributed by atoms with Crippen LogP contribution in [-0.2, 0) is 33.5 Å². The number of amides is 1. The number of anilines is 1. The van der Waals surface area contributed by atoms with Gasteiger partial charge in [0.25, 0.3) is 0 Å². The van der Waals surface area contributed by atoms with Gasteiger partial charge in [-0.15, -0.1) is 0 Å². The molecular weight excluding hydrogens is 484 g/mol. The van der Waals surface area contributed by atoms with Crippen molar-refractivity contribution in [3.05, 3.63) is 52.4 Å². The summed E-state index contributed by atoms with van der Waals surface area (Å²) in [5.41, 5.74) is 2.37. The Hall–Kier alpha value is -2.03. The lowest BCUT2D eigenvalue weighted by molar-refractivity contribution is -0.124. The van der Waals surface area contributed by atoms with Crippen LogP contribution in [0.3, 0.4) is 0 Å². The van der Waals surface area contributed by atoms with Crippen LogP contribution in [0, 0.1) is 23.2 Å². The van der Waals surface area contributed by atoms with E-state index < -0.39 is 10.0 Å². The van der Waals surface area contributed by atoms with Gasteiger partial charge in [-0.25, -0.2) is 18.4 Å². The van der Waals surface area contributed by atoms with Gasteiger partial charge in [-0.1, -0.05) is 23.7 Å². The van der Waals surface area contributed by atoms with Crippen LogP contribution < -0.4 is 5.32 Å². The second kappa shape index (κ2) is 8.82. The van der Waals surface area contributed by atoms with Crippen molar-refractivity contribution in [2.75, 3.05) is 11.9 Å². The molecule has 4 saturated carbocycles. The zero-order valence-corrected chi connectivity index (χ0v) is 21.3. The summed E-state index contributed by atoms with van der Waals surface area (Å²) in [6.45, 7) is 0.528. The Kier molecular flexibility index (Phi) is 5.89. The molecule has 1 N–H and O–H groups in total. The Morgan fingerprint density at radius 3 is 2.37 bits per heavy atom. The zero-order chi connectivity index (χ0) is 24.2. The molecule has 7 nitrogen and oxygen atoms in total. The fraction of sp³-hybridized carbons (Fsp3) is 0.577. The van der Waals surface area contributed by atoms with Crippen LogP contribution in [0.1, 0.15) is 61.8 Å². The largest absolute Gasteiger partial charge is 0.310 e. The fourth-order valence-electron chi connectivity index (χ4n) is 7.58. The Morgan fingerprint density at radius 1 is 1.06 bits per heavy atom. The first-order valence-corrected chi connectivity index (χ1v) is 14.6. The van der Waals surface area contributed by atoms with Crippen molar-refractivity contribution in [2.45, 2.75) is 63.7 Å². The van der Waals surface area contributed by atoms with Gasteiger partial charge in [-0.2, -0.15) is 4.31 Å². The molecule has 1 aromatic carbocycles. The maximum absolute atomic E-state index is 13.1. The number of nitrogens with zero attached hydrogens (tertiary/aromatic N) is 3. The number of carbonyl (C=O) groups is 1. The van der Waals surface area contributed by atoms with Gasteiger partial charge in [-0.3, -0.25) is 4.79 Å². The quantitative estimate of drug-likeness (QED) is 0.610. The highest BCUT2D eigenvalue weighted by Gasteiger charge is 2.51. The summed E-state index contributed by atoms with van der Waals surface area (Å²) in [6.07, 6.45) is 10.1. The van der Waals surface area contributed by atoms with Crippen molar-refractivity contribution in [1.29, 1.82) is 0 Å². The second-order valence-electron chi connectivity index (χ2n) is 11.3. The zero-order valence-electron chi connectivity index (χ0n) is 19.7. The van der Waals surface area contributed by atoms with Gasteiger partial charge >= 0.3 is 0 Å². The summed E-state index contributed by atoms with van der Waals surface area (Å²) < 4.78 is 27.6. The minimum atomic E-state index is -3.52. The van der Waals surface area contributed by atoms with Crippen LogP contribution in [0.25, 0.3) is 0 Å². The Balaban J connectivity index is 1.13. The number of aromatic nitrogens is 2. The van der Waals surface area contributed by atoms with Crippen molar-refractivity contribution in [2.24, 2.45) is 23.2 Å². The van der Waals surface area contributed by atoms with Gasteiger partial charge in [0.05, 0.1) is 18.0 Å². The average Bonchev–Trinajstić information content (AvgIpc) is 2.79. The highest BCUT2D eigenvalue weighted by Crippen LogP contribution is 2.61. The van der Waals surface area contributed by atoms with Crippen LogP contribution in [0.2, 0.25) is 5.02 Å². The molecule has 2 heterocycles. The SMILES string of the molecule is O=C(CC12CC3CC(CC(C3)C1)C2)Nc1ncnc2c1CCN(S(=O)(=O)Cc1ccc(Cl)cc1)C2. The van der Waals surface area contributed by atoms with Gasteiger partial charge in [-0.05, 0) is 85.8 Å². The summed E-state index contributed by atoms with van der Waals surface area (Å²) in [5.74, 6) is 2.91. The second-order valence-corrected chi connectivity index (χ2v) is 13.7. The summed E-state index contributed by atoms with van der Waals surface area (Å²) in [7, 11) is -3.52. The lowest BCUT2D eigenvalue weighted by Crippen LogP contribution is -2.47. The average molecular weight is 515 g/mol. The molecule has 4 aliphatic carbocycles. The summed E-state index contributed by atoms with van der Waals surface area (Å²) in [5, 5.41) is 3.65. The first-order chi connectivity index (χ1) is 16.8. The number of fused-ring (bicyclic) bond motifs is 1. The molecule has 186 valence electrons. The highest BCUT2D eigenvalue weighted by atomic mass is 35.5. The molecule has 4 bridgehead atoms. The predicted octanol–water partition coefficient (Wildman–Crippen LogP) is 4.56. The normalized spacial score (nSPS) is 29.7. The summed E-state index contributed by atoms with van der Waals surface area (Å²) >= 11 is 5.92. The molecule has 9 heteroatoms. The third-order valence-electron chi connectivity index (χ3n) is 8.59. The lowest BCUT2D eigenvalue weighted by atomic mass is 9.49. The molecule has 35 heavy (non-hydrogen) atoms. The minimum absolute atomic E-state index is 0.0330. The van der Waals surface area contributed by atoms with Crippen LogP contribution in [0.15, 0.2) is 30.6 Å². The Bertz CT molecular complexity index is 1210. The summed E-state index contributed by atoms with van der Waals surface area (Å²) in [4.78, 5) is 21.9. The molecule has 1 aliphatic heterocycles. The van der Waals surface area contributed by atoms with E-state index in [1.807, 2.05) is 0 Å². The molecule has 0 atom stereocenters. The fourth-order valence-corrected chi connectivity index (χ4v) is 9.19. The molecule has 1 amide bonds. The number of hydrogen-bond acceptors (Lipinski definition) is 5. The first kappa shape index (κ1) is 23.4. The predicted molar refractivity (Wildman–Crippen MR) is 134 cm³/mol. The van der Waals surface area contributed by atoms with E-state index in [1.165, 1.54) is 49.2 Å². The minimum Gasteiger partial charge on any atom is -0.310 e. The van der Waals surface area contributed by atoms with E-state index in [0.29, 0.717) is 41.5 Å². The van der Waals surface area contributed by atoms with Gasteiger partial charge in [0.2, 0.25) is 15.9 Å². The van der Waals surface area contributed by atoms with Gasteiger partial charge < -0.3 is 5.32 Å². The third-order valence-corrected chi connectivity index (χ3v) is 10.6. The summed E-state index contributed by atoms with van der Waals surface area (Å²) in [6, 6.07) is 6.86. The Morgan fingerprint density at radius 2 is 1.71 bits per heavy atom. The van der Waals surface area contributed by atoms with E-state index in [-0.39, 0.29) is 23.6 Å². The van der Waals surface area contributed by atoms with E-state index in [9.17, 15) is 13.2 Å². The molecule has 0 saturated heterocycles. The monoisotopic (exact) mass is 514 g/mol. The molecule has 1 aromatic heterocycles. The van der Waals surface area contributed by atoms with E-state index in [1.54, 1.807) is 24.3 Å². The molecule has 4 fully saturated rings. The van der Waals surface area contributed by atoms with Crippen LogP contribution in [0.4, 0.5) is 5.82 Å². The maximum Gasteiger partial charge on any atom is 0.226 e. The molecule has 0 spiro atoms. The molecular formula is C26H31ClN4O3S. The van der Waals surface area contributed by atoms with Crippen molar-refractivity contribution in [3.8, 4) is 0 Å². The third kappa shape index (κ3) is 4.72. The molecule has 0 unspecified atom stereocenters. The number of carbonyl (C=O) groups excluding carboxylic acids is 1. The highest BCUT2D eigenvalue weighted by molar-refractivity contribution is 7.88. The smallest absolute Gasteiger partial charge is 0.226 e. The van der Waals surface area contributed by atoms with Crippen LogP contribution >= 0.6 is 11.6 Å². The van der Waals surface area contributed by atoms with E-state index in [4.69, 9.17) is 11.6 Å². The molecule has 0 radical (unpaired) electrons. The number of sulfonamides is 1. The standard InChI is InChI=1S/C26H31ClN4O3S/c27-21-3-1-17(2-4-21)15-35(33,34)31-6-5-22-23(14-31)28-16-29-25(22)30-24(32)13-26-10-18-7-19(11-26)9-20(8-18)12-26/h1-4,16,18-20H,5-15H2,(H,28,29,30,32). The van der Waals surface area contributed by atoms with Crippen molar-refractivity contribution in [1.82, 2.24) is 14.3 Å². The Labute approximate surface area is 211 Å². The van der Waals surface area contributed by atoms with Crippen molar-refractivity contribution >= 4 is 33.3 Å². The maximum atomic E-state index is 13.1. The number of rotatable bonds is 6. The first-order valence-electron chi connectivity index (χ1n) is 12.6. The van der Waals surface area contributed by atoms with Gasteiger partial charge in [0, 0.05) is 23.6 Å².